The summed E-state index contributed by atoms with van der Waals surface area (Å²) in [7, 11) is 0. The van der Waals surface area contributed by atoms with E-state index in [1.54, 1.807) is 11.3 Å². The number of hydrogen-bond acceptors (Lipinski definition) is 6. The number of amides is 1. The number of aromatic nitrogens is 4. The molecular weight excluding hydrogens is 354 g/mol. The second-order valence-corrected chi connectivity index (χ2v) is 8.02. The highest BCUT2D eigenvalue weighted by Crippen LogP contribution is 2.27. The summed E-state index contributed by atoms with van der Waals surface area (Å²) in [6.07, 6.45) is 5.88. The van der Waals surface area contributed by atoms with Crippen LogP contribution in [0.5, 0.6) is 0 Å². The number of imidazole rings is 1. The average Bonchev–Trinajstić information content (AvgIpc) is 3.37. The van der Waals surface area contributed by atoms with Crippen LogP contribution in [0.2, 0.25) is 0 Å². The smallest absolute Gasteiger partial charge is 0.273 e. The number of aryl methyl sites for hydroxylation is 1. The van der Waals surface area contributed by atoms with Crippen molar-refractivity contribution < 1.29 is 4.79 Å². The molecule has 0 bridgehead atoms. The van der Waals surface area contributed by atoms with E-state index in [9.17, 15) is 4.79 Å². The fourth-order valence-corrected chi connectivity index (χ4v) is 4.44. The summed E-state index contributed by atoms with van der Waals surface area (Å²) in [4.78, 5) is 27.9. The summed E-state index contributed by atoms with van der Waals surface area (Å²) in [6, 6.07) is 0. The first-order valence-electron chi connectivity index (χ1n) is 8.30. The molecule has 1 saturated heterocycles. The highest BCUT2D eigenvalue weighted by atomic mass is 32.1. The van der Waals surface area contributed by atoms with Crippen LogP contribution in [0, 0.1) is 6.92 Å². The van der Waals surface area contributed by atoms with E-state index in [0.29, 0.717) is 12.2 Å². The molecule has 0 aliphatic carbocycles. The van der Waals surface area contributed by atoms with Crippen molar-refractivity contribution in [1.29, 1.82) is 0 Å². The van der Waals surface area contributed by atoms with Gasteiger partial charge in [-0.3, -0.25) is 4.79 Å². The number of hydrogen-bond donors (Lipinski definition) is 0. The molecule has 3 aromatic rings. The van der Waals surface area contributed by atoms with Gasteiger partial charge >= 0.3 is 0 Å². The zero-order chi connectivity index (χ0) is 17.2. The average molecular weight is 374 g/mol. The summed E-state index contributed by atoms with van der Waals surface area (Å²) in [5, 5.41) is 4.84. The maximum atomic E-state index is 12.7. The Morgan fingerprint density at radius 2 is 2.28 bits per heavy atom. The predicted molar refractivity (Wildman–Crippen MR) is 98.2 cm³/mol. The minimum Gasteiger partial charge on any atom is -0.337 e. The number of carbonyl (C=O) groups is 1. The lowest BCUT2D eigenvalue weighted by Crippen LogP contribution is -2.40. The molecule has 0 N–H and O–H groups in total. The van der Waals surface area contributed by atoms with E-state index in [4.69, 9.17) is 0 Å². The minimum atomic E-state index is 0.0339. The Bertz CT molecular complexity index is 854. The lowest BCUT2D eigenvalue weighted by atomic mass is 9.97. The summed E-state index contributed by atoms with van der Waals surface area (Å²) in [6.45, 7) is 4.15. The monoisotopic (exact) mass is 373 g/mol. The Labute approximate surface area is 154 Å². The fraction of sp³-hybridized carbons (Fsp3) is 0.412. The second-order valence-electron chi connectivity index (χ2n) is 6.24. The molecule has 1 amide bonds. The Balaban J connectivity index is 1.50. The first kappa shape index (κ1) is 16.4. The fourth-order valence-electron chi connectivity index (χ4n) is 3.30. The van der Waals surface area contributed by atoms with Gasteiger partial charge in [-0.05, 0) is 19.8 Å². The summed E-state index contributed by atoms with van der Waals surface area (Å²) in [5.74, 6) is 1.33. The maximum absolute atomic E-state index is 12.7. The molecule has 1 atom stereocenters. The van der Waals surface area contributed by atoms with Crippen molar-refractivity contribution in [2.45, 2.75) is 32.2 Å². The number of carbonyl (C=O) groups excluding carboxylic acids is 1. The van der Waals surface area contributed by atoms with Crippen molar-refractivity contribution in [1.82, 2.24) is 24.4 Å². The number of likely N-dealkylation sites (tertiary alicyclic amines) is 1. The van der Waals surface area contributed by atoms with E-state index in [1.165, 1.54) is 11.3 Å². The van der Waals surface area contributed by atoms with Crippen molar-refractivity contribution >= 4 is 28.6 Å². The highest BCUT2D eigenvalue weighted by molar-refractivity contribution is 7.09. The molecule has 25 heavy (non-hydrogen) atoms. The molecule has 4 rings (SSSR count). The third-order valence-corrected chi connectivity index (χ3v) is 5.88. The Morgan fingerprint density at radius 1 is 1.36 bits per heavy atom. The van der Waals surface area contributed by atoms with E-state index < -0.39 is 0 Å². The van der Waals surface area contributed by atoms with Gasteiger partial charge in [0.1, 0.15) is 11.5 Å². The van der Waals surface area contributed by atoms with Crippen LogP contribution in [0.1, 0.15) is 45.8 Å². The molecule has 1 fully saturated rings. The minimum absolute atomic E-state index is 0.0339. The highest BCUT2D eigenvalue weighted by Gasteiger charge is 2.29. The van der Waals surface area contributed by atoms with Gasteiger partial charge in [-0.15, -0.1) is 22.7 Å². The molecule has 4 heterocycles. The molecule has 0 aromatic carbocycles. The van der Waals surface area contributed by atoms with Crippen LogP contribution in [0.4, 0.5) is 0 Å². The van der Waals surface area contributed by atoms with Crippen LogP contribution in [-0.2, 0) is 6.54 Å². The van der Waals surface area contributed by atoms with Crippen LogP contribution in [-0.4, -0.2) is 43.4 Å². The Morgan fingerprint density at radius 3 is 3.04 bits per heavy atom. The second kappa shape index (κ2) is 7.05. The van der Waals surface area contributed by atoms with Gasteiger partial charge in [-0.1, -0.05) is 0 Å². The Hall–Kier alpha value is -2.06. The van der Waals surface area contributed by atoms with Crippen molar-refractivity contribution in [2.75, 3.05) is 13.1 Å². The largest absolute Gasteiger partial charge is 0.337 e. The predicted octanol–water partition coefficient (Wildman–Crippen LogP) is 3.17. The van der Waals surface area contributed by atoms with Gasteiger partial charge in [0, 0.05) is 42.2 Å². The van der Waals surface area contributed by atoms with E-state index in [0.717, 1.165) is 42.5 Å². The number of thiazole rings is 2. The SMILES string of the molecule is Cc1nc(C(=O)N2CCC[C@@H](c3nccn3Cc3cscn3)C2)cs1. The van der Waals surface area contributed by atoms with Crippen LogP contribution in [0.25, 0.3) is 0 Å². The van der Waals surface area contributed by atoms with Crippen LogP contribution in [0.15, 0.2) is 28.7 Å². The van der Waals surface area contributed by atoms with E-state index in [2.05, 4.69) is 24.9 Å². The molecule has 0 radical (unpaired) electrons. The zero-order valence-electron chi connectivity index (χ0n) is 14.0. The molecule has 1 aliphatic heterocycles. The lowest BCUT2D eigenvalue weighted by Gasteiger charge is -2.32. The number of nitrogens with zero attached hydrogens (tertiary/aromatic N) is 5. The van der Waals surface area contributed by atoms with Gasteiger partial charge in [-0.25, -0.2) is 15.0 Å². The first-order valence-corrected chi connectivity index (χ1v) is 10.1. The van der Waals surface area contributed by atoms with Crippen LogP contribution >= 0.6 is 22.7 Å². The standard InChI is InChI=1S/C17H19N5OS2/c1-12-20-15(10-25-12)17(23)22-5-2-3-13(7-22)16-18-4-6-21(16)8-14-9-24-11-19-14/h4,6,9-11,13H,2-3,5,7-8H2,1H3/t13-/m1/s1. The van der Waals surface area contributed by atoms with Crippen molar-refractivity contribution in [3.63, 3.8) is 0 Å². The van der Waals surface area contributed by atoms with E-state index in [1.807, 2.05) is 35.1 Å². The lowest BCUT2D eigenvalue weighted by molar-refractivity contribution is 0.0698. The number of piperidine rings is 1. The zero-order valence-corrected chi connectivity index (χ0v) is 15.6. The van der Waals surface area contributed by atoms with E-state index in [-0.39, 0.29) is 11.8 Å². The summed E-state index contributed by atoms with van der Waals surface area (Å²) < 4.78 is 2.15. The summed E-state index contributed by atoms with van der Waals surface area (Å²) >= 11 is 3.12. The summed E-state index contributed by atoms with van der Waals surface area (Å²) in [5.41, 5.74) is 3.46. The van der Waals surface area contributed by atoms with Crippen molar-refractivity contribution in [3.8, 4) is 0 Å². The molecule has 130 valence electrons. The first-order chi connectivity index (χ1) is 12.2. The molecule has 0 spiro atoms. The van der Waals surface area contributed by atoms with Gasteiger partial charge in [0.2, 0.25) is 0 Å². The molecule has 8 heteroatoms. The van der Waals surface area contributed by atoms with E-state index >= 15 is 0 Å². The Kier molecular flexibility index (Phi) is 4.63. The number of rotatable bonds is 4. The third-order valence-electron chi connectivity index (χ3n) is 4.48. The molecular formula is C17H19N5OS2. The van der Waals surface area contributed by atoms with Gasteiger partial charge in [0.05, 0.1) is 22.8 Å². The van der Waals surface area contributed by atoms with Crippen molar-refractivity contribution in [3.05, 3.63) is 50.9 Å². The molecule has 0 saturated carbocycles. The molecule has 6 nitrogen and oxygen atoms in total. The van der Waals surface area contributed by atoms with Gasteiger partial charge in [0.25, 0.3) is 5.91 Å². The maximum Gasteiger partial charge on any atom is 0.273 e. The van der Waals surface area contributed by atoms with Crippen LogP contribution < -0.4 is 0 Å². The van der Waals surface area contributed by atoms with Gasteiger partial charge in [0.15, 0.2) is 0 Å². The quantitative estimate of drug-likeness (QED) is 0.705. The molecule has 0 unspecified atom stereocenters. The van der Waals surface area contributed by atoms with Crippen molar-refractivity contribution in [2.24, 2.45) is 0 Å². The molecule has 1 aliphatic rings. The normalized spacial score (nSPS) is 17.8. The topological polar surface area (TPSA) is 63.9 Å². The van der Waals surface area contributed by atoms with Gasteiger partial charge < -0.3 is 9.47 Å². The molecule has 3 aromatic heterocycles. The van der Waals surface area contributed by atoms with Crippen LogP contribution in [0.3, 0.4) is 0 Å². The third kappa shape index (κ3) is 3.50. The van der Waals surface area contributed by atoms with Gasteiger partial charge in [-0.2, -0.15) is 0 Å².